The molecule has 92 valence electrons. The highest BCUT2D eigenvalue weighted by Crippen LogP contribution is 2.23. The number of hydrogen-bond donors (Lipinski definition) is 1. The molecular formula is C12H15NO4. The molecule has 17 heavy (non-hydrogen) atoms. The lowest BCUT2D eigenvalue weighted by Crippen LogP contribution is -2.06. The van der Waals surface area contributed by atoms with E-state index in [1.54, 1.807) is 6.20 Å². The monoisotopic (exact) mass is 237 g/mol. The molecule has 0 aliphatic carbocycles. The smallest absolute Gasteiger partial charge is 0.184 e. The lowest BCUT2D eigenvalue weighted by atomic mass is 10.1. The normalized spacial score (nSPS) is 16.3. The van der Waals surface area contributed by atoms with E-state index in [2.05, 4.69) is 4.98 Å². The number of Topliss-reactive ketones (excluding diaryl/α,β-unsaturated/α-hetero) is 1. The summed E-state index contributed by atoms with van der Waals surface area (Å²) in [5.41, 5.74) is 1.73. The van der Waals surface area contributed by atoms with Crippen molar-refractivity contribution >= 4 is 5.78 Å². The minimum atomic E-state index is -0.408. The Morgan fingerprint density at radius 1 is 1.47 bits per heavy atom. The molecule has 1 saturated heterocycles. The number of rotatable bonds is 5. The van der Waals surface area contributed by atoms with Crippen molar-refractivity contribution in [3.63, 3.8) is 0 Å². The molecule has 0 bridgehead atoms. The van der Waals surface area contributed by atoms with Gasteiger partial charge in [0.1, 0.15) is 6.61 Å². The van der Waals surface area contributed by atoms with Crippen LogP contribution in [0.25, 0.3) is 0 Å². The number of pyridine rings is 1. The van der Waals surface area contributed by atoms with Crippen LogP contribution in [0, 0.1) is 0 Å². The van der Waals surface area contributed by atoms with E-state index in [9.17, 15) is 4.79 Å². The van der Waals surface area contributed by atoms with Crippen LogP contribution >= 0.6 is 0 Å². The second-order valence-corrected chi connectivity index (χ2v) is 3.85. The first-order valence-electron chi connectivity index (χ1n) is 5.60. The molecule has 0 radical (unpaired) electrons. The first-order valence-corrected chi connectivity index (χ1v) is 5.60. The van der Waals surface area contributed by atoms with Gasteiger partial charge in [0.25, 0.3) is 0 Å². The van der Waals surface area contributed by atoms with Crippen LogP contribution in [-0.4, -0.2) is 35.7 Å². The van der Waals surface area contributed by atoms with Crippen molar-refractivity contribution in [2.45, 2.75) is 19.1 Å². The third-order valence-corrected chi connectivity index (χ3v) is 2.57. The molecule has 0 amide bonds. The maximum absolute atomic E-state index is 11.0. The van der Waals surface area contributed by atoms with Gasteiger partial charge in [0, 0.05) is 23.9 Å². The van der Waals surface area contributed by atoms with Gasteiger partial charge >= 0.3 is 0 Å². The molecule has 1 N–H and O–H groups in total. The van der Waals surface area contributed by atoms with E-state index >= 15 is 0 Å². The Bertz CT molecular complexity index is 388. The number of carbonyl (C=O) groups excluding carboxylic acids is 1. The van der Waals surface area contributed by atoms with Crippen molar-refractivity contribution in [3.05, 3.63) is 29.6 Å². The summed E-state index contributed by atoms with van der Waals surface area (Å²) < 4.78 is 10.8. The Morgan fingerprint density at radius 2 is 2.24 bits per heavy atom. The van der Waals surface area contributed by atoms with Crippen molar-refractivity contribution in [2.24, 2.45) is 0 Å². The Labute approximate surface area is 99.4 Å². The van der Waals surface area contributed by atoms with E-state index in [1.165, 1.54) is 0 Å². The number of hydrogen-bond acceptors (Lipinski definition) is 5. The van der Waals surface area contributed by atoms with Gasteiger partial charge in [-0.2, -0.15) is 0 Å². The first-order chi connectivity index (χ1) is 8.29. The Morgan fingerprint density at radius 3 is 2.94 bits per heavy atom. The molecule has 0 saturated carbocycles. The van der Waals surface area contributed by atoms with Gasteiger partial charge in [-0.15, -0.1) is 0 Å². The van der Waals surface area contributed by atoms with Crippen molar-refractivity contribution in [1.29, 1.82) is 0 Å². The number of nitrogens with zero attached hydrogens (tertiary/aromatic N) is 1. The average Bonchev–Trinajstić information content (AvgIpc) is 2.90. The third-order valence-electron chi connectivity index (χ3n) is 2.57. The summed E-state index contributed by atoms with van der Waals surface area (Å²) in [5, 5.41) is 8.63. The van der Waals surface area contributed by atoms with Crippen molar-refractivity contribution < 1.29 is 19.4 Å². The van der Waals surface area contributed by atoms with Crippen molar-refractivity contribution in [3.8, 4) is 0 Å². The minimum absolute atomic E-state index is 0.175. The van der Waals surface area contributed by atoms with E-state index in [1.807, 2.05) is 12.1 Å². The van der Waals surface area contributed by atoms with Gasteiger partial charge in [-0.3, -0.25) is 9.78 Å². The van der Waals surface area contributed by atoms with Crippen LogP contribution in [0.15, 0.2) is 18.3 Å². The number of aromatic nitrogens is 1. The Balaban J connectivity index is 1.98. The number of carbonyl (C=O) groups is 1. The molecule has 2 heterocycles. The number of aryl methyl sites for hydroxylation is 1. The fourth-order valence-corrected chi connectivity index (χ4v) is 1.68. The van der Waals surface area contributed by atoms with Crippen molar-refractivity contribution in [1.82, 2.24) is 4.98 Å². The van der Waals surface area contributed by atoms with Crippen molar-refractivity contribution in [2.75, 3.05) is 19.8 Å². The zero-order valence-corrected chi connectivity index (χ0v) is 9.46. The first kappa shape index (κ1) is 12.2. The van der Waals surface area contributed by atoms with E-state index < -0.39 is 6.61 Å². The Kier molecular flexibility index (Phi) is 4.19. The largest absolute Gasteiger partial charge is 0.389 e. The summed E-state index contributed by atoms with van der Waals surface area (Å²) >= 11 is 0. The van der Waals surface area contributed by atoms with Crippen LogP contribution in [0.5, 0.6) is 0 Å². The molecule has 2 rings (SSSR count). The summed E-state index contributed by atoms with van der Waals surface area (Å²) in [6.45, 7) is 0.797. The molecule has 0 spiro atoms. The molecular weight excluding hydrogens is 222 g/mol. The molecule has 5 heteroatoms. The fourth-order valence-electron chi connectivity index (χ4n) is 1.68. The van der Waals surface area contributed by atoms with E-state index in [4.69, 9.17) is 14.6 Å². The zero-order chi connectivity index (χ0) is 12.1. The number of aliphatic hydroxyl groups excluding tert-OH is 1. The summed E-state index contributed by atoms with van der Waals surface area (Å²) in [5.74, 6) is -0.175. The molecule has 0 unspecified atom stereocenters. The second kappa shape index (κ2) is 5.86. The lowest BCUT2D eigenvalue weighted by molar-refractivity contribution is -0.121. The standard InChI is InChI=1S/C12H15NO4/c14-8-11(15)2-1-10-7-9(3-4-13-10)12-16-5-6-17-12/h3-4,7,12,14H,1-2,5-6,8H2. The Hall–Kier alpha value is -1.30. The molecule has 1 aliphatic heterocycles. The van der Waals surface area contributed by atoms with E-state index in [-0.39, 0.29) is 12.1 Å². The molecule has 0 aromatic carbocycles. The maximum Gasteiger partial charge on any atom is 0.184 e. The van der Waals surface area contributed by atoms with Gasteiger partial charge in [0.2, 0.25) is 0 Å². The summed E-state index contributed by atoms with van der Waals surface area (Å²) in [7, 11) is 0. The molecule has 1 fully saturated rings. The number of ketones is 1. The molecule has 1 aromatic rings. The quantitative estimate of drug-likeness (QED) is 0.813. The van der Waals surface area contributed by atoms with Crippen LogP contribution in [0.2, 0.25) is 0 Å². The minimum Gasteiger partial charge on any atom is -0.389 e. The second-order valence-electron chi connectivity index (χ2n) is 3.85. The predicted molar refractivity (Wildman–Crippen MR) is 59.3 cm³/mol. The van der Waals surface area contributed by atoms with Gasteiger partial charge in [0.15, 0.2) is 12.1 Å². The zero-order valence-electron chi connectivity index (χ0n) is 9.46. The highest BCUT2D eigenvalue weighted by Gasteiger charge is 2.18. The highest BCUT2D eigenvalue weighted by molar-refractivity contribution is 5.79. The summed E-state index contributed by atoms with van der Waals surface area (Å²) in [6.07, 6.45) is 2.20. The van der Waals surface area contributed by atoms with Gasteiger partial charge in [0.05, 0.1) is 13.2 Å². The highest BCUT2D eigenvalue weighted by atomic mass is 16.7. The molecule has 1 aliphatic rings. The third kappa shape index (κ3) is 3.33. The number of aliphatic hydroxyl groups is 1. The molecule has 0 atom stereocenters. The van der Waals surface area contributed by atoms with Crippen LogP contribution in [-0.2, 0) is 20.7 Å². The summed E-state index contributed by atoms with van der Waals surface area (Å²) in [4.78, 5) is 15.2. The van der Waals surface area contributed by atoms with Crippen LogP contribution in [0.3, 0.4) is 0 Å². The lowest BCUT2D eigenvalue weighted by Gasteiger charge is -2.10. The van der Waals surface area contributed by atoms with Gasteiger partial charge < -0.3 is 14.6 Å². The van der Waals surface area contributed by atoms with Crippen LogP contribution in [0.1, 0.15) is 24.0 Å². The van der Waals surface area contributed by atoms with E-state index in [0.29, 0.717) is 26.1 Å². The average molecular weight is 237 g/mol. The summed E-state index contributed by atoms with van der Waals surface area (Å²) in [6, 6.07) is 3.72. The van der Waals surface area contributed by atoms with Crippen LogP contribution < -0.4 is 0 Å². The topological polar surface area (TPSA) is 68.7 Å². The van der Waals surface area contributed by atoms with Crippen LogP contribution in [0.4, 0.5) is 0 Å². The maximum atomic E-state index is 11.0. The van der Waals surface area contributed by atoms with Gasteiger partial charge in [-0.1, -0.05) is 0 Å². The van der Waals surface area contributed by atoms with Gasteiger partial charge in [-0.05, 0) is 18.6 Å². The fraction of sp³-hybridized carbons (Fsp3) is 0.500. The molecule has 5 nitrogen and oxygen atoms in total. The molecule has 1 aromatic heterocycles. The SMILES string of the molecule is O=C(CO)CCc1cc(C2OCCO2)ccn1. The van der Waals surface area contributed by atoms with Gasteiger partial charge in [-0.25, -0.2) is 0 Å². The van der Waals surface area contributed by atoms with E-state index in [0.717, 1.165) is 11.3 Å². The predicted octanol–water partition coefficient (Wildman–Crippen LogP) is 0.621. The number of ether oxygens (including phenoxy) is 2.